The molecule has 1 unspecified atom stereocenters. The molecule has 0 aliphatic rings. The van der Waals surface area contributed by atoms with Crippen molar-refractivity contribution in [3.8, 4) is 0 Å². The number of alkyl halides is 1. The van der Waals surface area contributed by atoms with Crippen LogP contribution < -0.4 is 4.72 Å². The minimum absolute atomic E-state index is 0.0882. The van der Waals surface area contributed by atoms with Crippen LogP contribution in [0.25, 0.3) is 0 Å². The molecule has 7 heteroatoms. The van der Waals surface area contributed by atoms with Crippen LogP contribution in [-0.2, 0) is 10.0 Å². The van der Waals surface area contributed by atoms with Crippen LogP contribution in [0.5, 0.6) is 0 Å². The van der Waals surface area contributed by atoms with Crippen LogP contribution in [0.2, 0.25) is 10.0 Å². The summed E-state index contributed by atoms with van der Waals surface area (Å²) in [6.45, 7) is 3.95. The monoisotopic (exact) mass is 387 g/mol. The van der Waals surface area contributed by atoms with Gasteiger partial charge < -0.3 is 0 Å². The smallest absolute Gasteiger partial charge is 0.208 e. The second kappa shape index (κ2) is 7.27. The highest BCUT2D eigenvalue weighted by Gasteiger charge is 2.22. The Labute approximate surface area is 132 Å². The van der Waals surface area contributed by atoms with Crippen molar-refractivity contribution in [3.05, 3.63) is 28.2 Å². The van der Waals surface area contributed by atoms with Crippen LogP contribution in [0.4, 0.5) is 0 Å². The maximum absolute atomic E-state index is 12.3. The second-order valence-corrected chi connectivity index (χ2v) is 7.93. The summed E-state index contributed by atoms with van der Waals surface area (Å²) in [6, 6.07) is 4.14. The van der Waals surface area contributed by atoms with Crippen molar-refractivity contribution in [2.24, 2.45) is 5.92 Å². The van der Waals surface area contributed by atoms with Crippen molar-refractivity contribution in [1.82, 2.24) is 4.72 Å². The lowest BCUT2D eigenvalue weighted by Crippen LogP contribution is -2.38. The number of hydrogen-bond donors (Lipinski definition) is 1. The zero-order chi connectivity index (χ0) is 14.6. The molecule has 19 heavy (non-hydrogen) atoms. The molecule has 0 aromatic heterocycles. The first kappa shape index (κ1) is 17.2. The number of rotatable bonds is 6. The Morgan fingerprint density at radius 1 is 1.21 bits per heavy atom. The summed E-state index contributed by atoms with van der Waals surface area (Å²) >= 11 is 15.0. The Kier molecular flexibility index (Phi) is 6.60. The van der Waals surface area contributed by atoms with Crippen molar-refractivity contribution in [2.45, 2.75) is 31.2 Å². The SMILES string of the molecule is CC(C)C(CCBr)NS(=O)(=O)c1cc(Cl)cc(Cl)c1. The van der Waals surface area contributed by atoms with Gasteiger partial charge >= 0.3 is 0 Å². The van der Waals surface area contributed by atoms with Crippen molar-refractivity contribution in [1.29, 1.82) is 0 Å². The number of halogens is 3. The largest absolute Gasteiger partial charge is 0.240 e. The van der Waals surface area contributed by atoms with Gasteiger partial charge in [-0.15, -0.1) is 0 Å². The minimum Gasteiger partial charge on any atom is -0.208 e. The van der Waals surface area contributed by atoms with E-state index in [1.807, 2.05) is 13.8 Å². The molecule has 0 radical (unpaired) electrons. The summed E-state index contributed by atoms with van der Waals surface area (Å²) < 4.78 is 27.3. The summed E-state index contributed by atoms with van der Waals surface area (Å²) in [4.78, 5) is 0.0882. The lowest BCUT2D eigenvalue weighted by atomic mass is 10.0. The Balaban J connectivity index is 3.03. The molecule has 108 valence electrons. The topological polar surface area (TPSA) is 46.2 Å². The van der Waals surface area contributed by atoms with Gasteiger partial charge in [0.2, 0.25) is 10.0 Å². The predicted octanol–water partition coefficient (Wildman–Crippen LogP) is 4.08. The molecule has 1 aromatic carbocycles. The van der Waals surface area contributed by atoms with Gasteiger partial charge in [-0.3, -0.25) is 0 Å². The Bertz CT molecular complexity index is 514. The van der Waals surface area contributed by atoms with Crippen LogP contribution in [-0.4, -0.2) is 19.8 Å². The number of sulfonamides is 1. The second-order valence-electron chi connectivity index (χ2n) is 4.55. The van der Waals surface area contributed by atoms with E-state index >= 15 is 0 Å². The molecule has 0 saturated heterocycles. The highest BCUT2D eigenvalue weighted by Crippen LogP contribution is 2.23. The third-order valence-electron chi connectivity index (χ3n) is 2.68. The van der Waals surface area contributed by atoms with Crippen LogP contribution in [0.15, 0.2) is 23.1 Å². The minimum atomic E-state index is -3.61. The predicted molar refractivity (Wildman–Crippen MR) is 83.8 cm³/mol. The molecular formula is C12H16BrCl2NO2S. The maximum atomic E-state index is 12.3. The van der Waals surface area contributed by atoms with Gasteiger partial charge in [-0.1, -0.05) is 53.0 Å². The highest BCUT2D eigenvalue weighted by atomic mass is 79.9. The molecule has 0 aliphatic carbocycles. The molecular weight excluding hydrogens is 373 g/mol. The van der Waals surface area contributed by atoms with E-state index in [-0.39, 0.29) is 16.9 Å². The summed E-state index contributed by atoms with van der Waals surface area (Å²) in [7, 11) is -3.61. The average molecular weight is 389 g/mol. The Morgan fingerprint density at radius 2 is 1.74 bits per heavy atom. The summed E-state index contributed by atoms with van der Waals surface area (Å²) in [5.74, 6) is 0.196. The van der Waals surface area contributed by atoms with Gasteiger partial charge in [0.15, 0.2) is 0 Å². The molecule has 3 nitrogen and oxygen atoms in total. The van der Waals surface area contributed by atoms with E-state index < -0.39 is 10.0 Å². The average Bonchev–Trinajstić information content (AvgIpc) is 2.26. The Hall–Kier alpha value is 0.190. The van der Waals surface area contributed by atoms with Crippen molar-refractivity contribution < 1.29 is 8.42 Å². The molecule has 0 spiro atoms. The standard InChI is InChI=1S/C12H16BrCl2NO2S/c1-8(2)12(3-4-13)16-19(17,18)11-6-9(14)5-10(15)7-11/h5-8,12,16H,3-4H2,1-2H3. The van der Waals surface area contributed by atoms with Crippen LogP contribution >= 0.6 is 39.1 Å². The number of benzene rings is 1. The summed E-state index contributed by atoms with van der Waals surface area (Å²) in [5, 5.41) is 1.33. The van der Waals surface area contributed by atoms with E-state index in [1.165, 1.54) is 18.2 Å². The van der Waals surface area contributed by atoms with E-state index in [4.69, 9.17) is 23.2 Å². The molecule has 1 N–H and O–H groups in total. The van der Waals surface area contributed by atoms with E-state index in [1.54, 1.807) is 0 Å². The molecule has 1 rings (SSSR count). The lowest BCUT2D eigenvalue weighted by Gasteiger charge is -2.21. The van der Waals surface area contributed by atoms with Gasteiger partial charge in [0.1, 0.15) is 0 Å². The first-order chi connectivity index (χ1) is 8.76. The molecule has 0 heterocycles. The maximum Gasteiger partial charge on any atom is 0.240 e. The first-order valence-corrected chi connectivity index (χ1v) is 9.16. The van der Waals surface area contributed by atoms with Gasteiger partial charge in [-0.05, 0) is 30.5 Å². The van der Waals surface area contributed by atoms with E-state index in [9.17, 15) is 8.42 Å². The normalized spacial score (nSPS) is 13.8. The molecule has 0 fully saturated rings. The van der Waals surface area contributed by atoms with Crippen LogP contribution in [0.1, 0.15) is 20.3 Å². The van der Waals surface area contributed by atoms with Gasteiger partial charge in [-0.25, -0.2) is 13.1 Å². The van der Waals surface area contributed by atoms with Gasteiger partial charge in [0, 0.05) is 21.4 Å². The van der Waals surface area contributed by atoms with Crippen molar-refractivity contribution in [2.75, 3.05) is 5.33 Å². The Morgan fingerprint density at radius 3 is 2.16 bits per heavy atom. The van der Waals surface area contributed by atoms with Gasteiger partial charge in [0.25, 0.3) is 0 Å². The molecule has 0 bridgehead atoms. The fraction of sp³-hybridized carbons (Fsp3) is 0.500. The lowest BCUT2D eigenvalue weighted by molar-refractivity contribution is 0.440. The van der Waals surface area contributed by atoms with E-state index in [0.29, 0.717) is 16.5 Å². The quantitative estimate of drug-likeness (QED) is 0.746. The number of hydrogen-bond acceptors (Lipinski definition) is 2. The van der Waals surface area contributed by atoms with Gasteiger partial charge in [-0.2, -0.15) is 0 Å². The van der Waals surface area contributed by atoms with Crippen LogP contribution in [0, 0.1) is 5.92 Å². The van der Waals surface area contributed by atoms with E-state index in [0.717, 1.165) is 5.33 Å². The zero-order valence-electron chi connectivity index (χ0n) is 10.7. The molecule has 0 aliphatic heterocycles. The molecule has 1 atom stereocenters. The summed E-state index contributed by atoms with van der Waals surface area (Å²) in [5.41, 5.74) is 0. The van der Waals surface area contributed by atoms with Crippen molar-refractivity contribution in [3.63, 3.8) is 0 Å². The first-order valence-electron chi connectivity index (χ1n) is 5.80. The van der Waals surface area contributed by atoms with Crippen LogP contribution in [0.3, 0.4) is 0 Å². The fourth-order valence-electron chi connectivity index (χ4n) is 1.60. The third-order valence-corrected chi connectivity index (χ3v) is 5.04. The van der Waals surface area contributed by atoms with Gasteiger partial charge in [0.05, 0.1) is 4.90 Å². The van der Waals surface area contributed by atoms with Crippen molar-refractivity contribution >= 4 is 49.2 Å². The zero-order valence-corrected chi connectivity index (χ0v) is 14.6. The molecule has 0 amide bonds. The molecule has 0 saturated carbocycles. The van der Waals surface area contributed by atoms with E-state index in [2.05, 4.69) is 20.7 Å². The highest BCUT2D eigenvalue weighted by molar-refractivity contribution is 9.09. The third kappa shape index (κ3) is 5.23. The summed E-state index contributed by atoms with van der Waals surface area (Å²) in [6.07, 6.45) is 0.713. The molecule has 1 aromatic rings. The number of nitrogens with one attached hydrogen (secondary N) is 1. The fourth-order valence-corrected chi connectivity index (χ4v) is 4.23.